The van der Waals surface area contributed by atoms with Crippen LogP contribution in [0.3, 0.4) is 0 Å². The molecule has 0 bridgehead atoms. The molecule has 0 aliphatic rings. The van der Waals surface area contributed by atoms with Crippen LogP contribution in [0, 0.1) is 20.8 Å². The van der Waals surface area contributed by atoms with E-state index in [9.17, 15) is 4.79 Å². The van der Waals surface area contributed by atoms with E-state index in [-0.39, 0.29) is 5.91 Å². The van der Waals surface area contributed by atoms with Gasteiger partial charge in [-0.05, 0) is 68.3 Å². The number of aromatic nitrogens is 3. The van der Waals surface area contributed by atoms with E-state index in [1.165, 1.54) is 0 Å². The summed E-state index contributed by atoms with van der Waals surface area (Å²) in [5.74, 6) is 0.464. The average molecular weight is 405 g/mol. The van der Waals surface area contributed by atoms with Crippen molar-refractivity contribution in [1.29, 1.82) is 0 Å². The minimum atomic E-state index is -0.226. The van der Waals surface area contributed by atoms with Crippen LogP contribution in [0.4, 0.5) is 5.69 Å². The number of aryl methyl sites for hydroxylation is 3. The molecular weight excluding hydrogens is 384 g/mol. The second-order valence-electron chi connectivity index (χ2n) is 7.04. The molecule has 5 nitrogen and oxygen atoms in total. The Morgan fingerprint density at radius 2 is 1.76 bits per heavy atom. The summed E-state index contributed by atoms with van der Waals surface area (Å²) in [7, 11) is 0. The molecule has 2 aromatic heterocycles. The highest BCUT2D eigenvalue weighted by Gasteiger charge is 2.24. The van der Waals surface area contributed by atoms with Gasteiger partial charge < -0.3 is 9.88 Å². The predicted octanol–water partition coefficient (Wildman–Crippen LogP) is 5.49. The molecule has 0 saturated carbocycles. The van der Waals surface area contributed by atoms with Crippen molar-refractivity contribution in [3.63, 3.8) is 0 Å². The lowest BCUT2D eigenvalue weighted by Crippen LogP contribution is -2.16. The predicted molar refractivity (Wildman–Crippen MR) is 117 cm³/mol. The van der Waals surface area contributed by atoms with Gasteiger partial charge in [-0.3, -0.25) is 4.79 Å². The van der Waals surface area contributed by atoms with Crippen LogP contribution in [0.15, 0.2) is 67.0 Å². The van der Waals surface area contributed by atoms with Crippen LogP contribution < -0.4 is 5.32 Å². The van der Waals surface area contributed by atoms with Gasteiger partial charge in [-0.2, -0.15) is 5.10 Å². The number of hydrogen-bond donors (Lipinski definition) is 1. The van der Waals surface area contributed by atoms with Crippen molar-refractivity contribution in [2.24, 2.45) is 0 Å². The molecule has 1 amide bonds. The Kier molecular flexibility index (Phi) is 4.99. The normalized spacial score (nSPS) is 10.9. The molecule has 4 rings (SSSR count). The Morgan fingerprint density at radius 1 is 1.00 bits per heavy atom. The van der Waals surface area contributed by atoms with Gasteiger partial charge in [-0.15, -0.1) is 0 Å². The molecule has 4 aromatic rings. The molecule has 0 unspecified atom stereocenters. The lowest BCUT2D eigenvalue weighted by molar-refractivity contribution is 0.102. The minimum Gasteiger partial charge on any atom is -0.322 e. The third kappa shape index (κ3) is 3.69. The van der Waals surface area contributed by atoms with E-state index in [0.29, 0.717) is 27.8 Å². The van der Waals surface area contributed by atoms with Crippen molar-refractivity contribution in [2.75, 3.05) is 5.32 Å². The number of anilines is 1. The van der Waals surface area contributed by atoms with Gasteiger partial charge in [0.05, 0.1) is 11.4 Å². The number of benzene rings is 2. The van der Waals surface area contributed by atoms with Gasteiger partial charge in [-0.1, -0.05) is 29.8 Å². The lowest BCUT2D eigenvalue weighted by atomic mass is 10.1. The van der Waals surface area contributed by atoms with Gasteiger partial charge >= 0.3 is 0 Å². The number of nitrogens with one attached hydrogen (secondary N) is 1. The van der Waals surface area contributed by atoms with Crippen molar-refractivity contribution in [3.8, 4) is 11.5 Å². The van der Waals surface area contributed by atoms with Gasteiger partial charge in [-0.25, -0.2) is 4.68 Å². The van der Waals surface area contributed by atoms with E-state index in [1.807, 2.05) is 84.9 Å². The topological polar surface area (TPSA) is 51.9 Å². The first kappa shape index (κ1) is 19.0. The highest BCUT2D eigenvalue weighted by atomic mass is 35.5. The molecule has 0 aliphatic carbocycles. The van der Waals surface area contributed by atoms with E-state index >= 15 is 0 Å². The number of halogens is 1. The fourth-order valence-corrected chi connectivity index (χ4v) is 3.52. The molecular formula is C23H21ClN4O. The third-order valence-corrected chi connectivity index (χ3v) is 5.04. The highest BCUT2D eigenvalue weighted by molar-refractivity contribution is 6.31. The van der Waals surface area contributed by atoms with Crippen molar-refractivity contribution in [1.82, 2.24) is 14.3 Å². The first-order valence-electron chi connectivity index (χ1n) is 9.31. The SMILES string of the molecule is Cc1cccc(-n2nc(C)c(C(=O)Nc3cc(Cl)ccc3C)c2-n2cccc2)c1. The fourth-order valence-electron chi connectivity index (χ4n) is 3.35. The van der Waals surface area contributed by atoms with Crippen LogP contribution in [-0.4, -0.2) is 20.3 Å². The molecule has 2 heterocycles. The van der Waals surface area contributed by atoms with Gasteiger partial charge in [0.1, 0.15) is 5.56 Å². The zero-order chi connectivity index (χ0) is 20.5. The summed E-state index contributed by atoms with van der Waals surface area (Å²) < 4.78 is 3.71. The largest absolute Gasteiger partial charge is 0.322 e. The molecule has 0 radical (unpaired) electrons. The van der Waals surface area contributed by atoms with Crippen molar-refractivity contribution in [2.45, 2.75) is 20.8 Å². The number of amides is 1. The Labute approximate surface area is 174 Å². The fraction of sp³-hybridized carbons (Fsp3) is 0.130. The number of rotatable bonds is 4. The van der Waals surface area contributed by atoms with Crippen LogP contribution >= 0.6 is 11.6 Å². The van der Waals surface area contributed by atoms with E-state index in [2.05, 4.69) is 10.4 Å². The third-order valence-electron chi connectivity index (χ3n) is 4.81. The van der Waals surface area contributed by atoms with Gasteiger partial charge in [0.2, 0.25) is 0 Å². The molecule has 146 valence electrons. The van der Waals surface area contributed by atoms with Crippen molar-refractivity contribution in [3.05, 3.63) is 94.4 Å². The van der Waals surface area contributed by atoms with Crippen molar-refractivity contribution < 1.29 is 4.79 Å². The molecule has 0 saturated heterocycles. The standard InChI is InChI=1S/C23H21ClN4O/c1-15-7-6-8-19(13-15)28-23(27-11-4-5-12-27)21(17(3)26-28)22(29)25-20-14-18(24)10-9-16(20)2/h4-14H,1-3H3,(H,25,29). The average Bonchev–Trinajstić information content (AvgIpc) is 3.32. The Morgan fingerprint density at radius 3 is 2.48 bits per heavy atom. The highest BCUT2D eigenvalue weighted by Crippen LogP contribution is 2.26. The number of hydrogen-bond acceptors (Lipinski definition) is 2. The van der Waals surface area contributed by atoms with E-state index in [0.717, 1.165) is 16.8 Å². The van der Waals surface area contributed by atoms with Crippen LogP contribution in [0.1, 0.15) is 27.2 Å². The van der Waals surface area contributed by atoms with E-state index in [1.54, 1.807) is 12.1 Å². The second-order valence-corrected chi connectivity index (χ2v) is 7.47. The summed E-state index contributed by atoms with van der Waals surface area (Å²) in [4.78, 5) is 13.3. The maximum absolute atomic E-state index is 13.3. The van der Waals surface area contributed by atoms with Gasteiger partial charge in [0.25, 0.3) is 5.91 Å². The molecule has 0 spiro atoms. The molecule has 0 atom stereocenters. The Hall–Kier alpha value is -3.31. The van der Waals surface area contributed by atoms with E-state index in [4.69, 9.17) is 11.6 Å². The van der Waals surface area contributed by atoms with Gasteiger partial charge in [0.15, 0.2) is 5.82 Å². The molecule has 2 aromatic carbocycles. The first-order chi connectivity index (χ1) is 13.9. The molecule has 6 heteroatoms. The maximum atomic E-state index is 13.3. The zero-order valence-corrected chi connectivity index (χ0v) is 17.2. The number of nitrogens with zero attached hydrogens (tertiary/aromatic N) is 3. The summed E-state index contributed by atoms with van der Waals surface area (Å²) in [6.07, 6.45) is 3.81. The molecule has 29 heavy (non-hydrogen) atoms. The first-order valence-corrected chi connectivity index (χ1v) is 9.69. The van der Waals surface area contributed by atoms with Crippen LogP contribution in [0.2, 0.25) is 5.02 Å². The molecule has 0 fully saturated rings. The number of carbonyl (C=O) groups is 1. The quantitative estimate of drug-likeness (QED) is 0.488. The maximum Gasteiger partial charge on any atom is 0.261 e. The smallest absolute Gasteiger partial charge is 0.261 e. The molecule has 1 N–H and O–H groups in total. The number of carbonyl (C=O) groups excluding carboxylic acids is 1. The summed E-state index contributed by atoms with van der Waals surface area (Å²) in [6.45, 7) is 5.81. The zero-order valence-electron chi connectivity index (χ0n) is 16.5. The minimum absolute atomic E-state index is 0.226. The summed E-state index contributed by atoms with van der Waals surface area (Å²) in [5.41, 5.74) is 4.80. The van der Waals surface area contributed by atoms with E-state index < -0.39 is 0 Å². The van der Waals surface area contributed by atoms with Gasteiger partial charge in [0, 0.05) is 23.1 Å². The van der Waals surface area contributed by atoms with Crippen LogP contribution in [0.5, 0.6) is 0 Å². The van der Waals surface area contributed by atoms with Crippen LogP contribution in [0.25, 0.3) is 11.5 Å². The monoisotopic (exact) mass is 404 g/mol. The second kappa shape index (κ2) is 7.60. The Balaban J connectivity index is 1.85. The summed E-state index contributed by atoms with van der Waals surface area (Å²) >= 11 is 6.12. The van der Waals surface area contributed by atoms with Crippen molar-refractivity contribution >= 4 is 23.2 Å². The summed E-state index contributed by atoms with van der Waals surface area (Å²) in [6, 6.07) is 17.3. The van der Waals surface area contributed by atoms with Crippen LogP contribution in [-0.2, 0) is 0 Å². The Bertz CT molecular complexity index is 1190. The summed E-state index contributed by atoms with van der Waals surface area (Å²) in [5, 5.41) is 8.26. The lowest BCUT2D eigenvalue weighted by Gasteiger charge is -2.13. The molecule has 0 aliphatic heterocycles.